The van der Waals surface area contributed by atoms with E-state index in [1.807, 2.05) is 0 Å². The molecule has 0 saturated carbocycles. The quantitative estimate of drug-likeness (QED) is 0.729. The fourth-order valence-corrected chi connectivity index (χ4v) is 2.99. The minimum atomic E-state index is 0.172. The number of hydrogen-bond acceptors (Lipinski definition) is 4. The molecule has 1 amide bonds. The molecule has 1 unspecified atom stereocenters. The second-order valence-electron chi connectivity index (χ2n) is 5.97. The lowest BCUT2D eigenvalue weighted by Crippen LogP contribution is -2.45. The highest BCUT2D eigenvalue weighted by Gasteiger charge is 2.22. The van der Waals surface area contributed by atoms with Crippen molar-refractivity contribution in [1.29, 1.82) is 0 Å². The predicted molar refractivity (Wildman–Crippen MR) is 76.9 cm³/mol. The van der Waals surface area contributed by atoms with E-state index in [4.69, 9.17) is 5.73 Å². The third-order valence-corrected chi connectivity index (χ3v) is 4.40. The van der Waals surface area contributed by atoms with Gasteiger partial charge in [-0.2, -0.15) is 0 Å². The molecule has 0 radical (unpaired) electrons. The Kier molecular flexibility index (Phi) is 5.60. The number of carbonyl (C=O) groups is 1. The zero-order valence-corrected chi connectivity index (χ0v) is 12.1. The number of piperidine rings is 1. The van der Waals surface area contributed by atoms with Gasteiger partial charge in [0, 0.05) is 32.2 Å². The van der Waals surface area contributed by atoms with Gasteiger partial charge in [-0.15, -0.1) is 0 Å². The number of amides is 1. The Labute approximate surface area is 116 Å². The second-order valence-corrected chi connectivity index (χ2v) is 5.97. The van der Waals surface area contributed by atoms with E-state index in [2.05, 4.69) is 22.0 Å². The Bertz CT molecular complexity index is 289. The van der Waals surface area contributed by atoms with E-state index in [0.29, 0.717) is 18.5 Å². The zero-order valence-electron chi connectivity index (χ0n) is 12.1. The molecule has 5 heteroatoms. The van der Waals surface area contributed by atoms with Crippen LogP contribution in [-0.4, -0.2) is 67.6 Å². The van der Waals surface area contributed by atoms with Crippen LogP contribution in [0.25, 0.3) is 0 Å². The van der Waals surface area contributed by atoms with Crippen LogP contribution in [0.4, 0.5) is 0 Å². The molecule has 0 spiro atoms. The fraction of sp³-hybridized carbons (Fsp3) is 0.929. The fourth-order valence-electron chi connectivity index (χ4n) is 2.99. The Morgan fingerprint density at radius 2 is 1.89 bits per heavy atom. The summed E-state index contributed by atoms with van der Waals surface area (Å²) in [5.74, 6) is 0.809. The number of nitrogens with one attached hydrogen (secondary N) is 1. The van der Waals surface area contributed by atoms with Crippen LogP contribution in [0.1, 0.15) is 26.2 Å². The third kappa shape index (κ3) is 4.75. The molecule has 0 aromatic carbocycles. The molecule has 2 rings (SSSR count). The van der Waals surface area contributed by atoms with E-state index in [1.54, 1.807) is 0 Å². The highest BCUT2D eigenvalue weighted by Crippen LogP contribution is 2.14. The van der Waals surface area contributed by atoms with Crippen LogP contribution in [0.3, 0.4) is 0 Å². The summed E-state index contributed by atoms with van der Waals surface area (Å²) in [4.78, 5) is 16.6. The van der Waals surface area contributed by atoms with Gasteiger partial charge < -0.3 is 16.0 Å². The molecular formula is C14H28N4O. The average Bonchev–Trinajstić information content (AvgIpc) is 2.87. The Morgan fingerprint density at radius 1 is 1.21 bits per heavy atom. The molecule has 2 fully saturated rings. The molecule has 110 valence electrons. The van der Waals surface area contributed by atoms with E-state index in [-0.39, 0.29) is 5.91 Å². The van der Waals surface area contributed by atoms with E-state index in [9.17, 15) is 4.79 Å². The summed E-state index contributed by atoms with van der Waals surface area (Å²) in [5.41, 5.74) is 5.86. The SMILES string of the molecule is CCN1CCC(CNC(=O)CN2CCC(N)CC2)C1. The van der Waals surface area contributed by atoms with Crippen molar-refractivity contribution in [2.45, 2.75) is 32.2 Å². The van der Waals surface area contributed by atoms with Crippen molar-refractivity contribution >= 4 is 5.91 Å². The van der Waals surface area contributed by atoms with Gasteiger partial charge in [0.15, 0.2) is 0 Å². The number of hydrogen-bond donors (Lipinski definition) is 2. The van der Waals surface area contributed by atoms with Crippen LogP contribution in [0.15, 0.2) is 0 Å². The molecule has 0 aromatic heterocycles. The molecule has 0 bridgehead atoms. The summed E-state index contributed by atoms with van der Waals surface area (Å²) in [6, 6.07) is 0.331. The van der Waals surface area contributed by atoms with Crippen LogP contribution in [0.5, 0.6) is 0 Å². The van der Waals surface area contributed by atoms with E-state index < -0.39 is 0 Å². The first-order valence-corrected chi connectivity index (χ1v) is 7.64. The standard InChI is InChI=1S/C14H28N4O/c1-2-17-6-3-12(10-17)9-16-14(19)11-18-7-4-13(15)5-8-18/h12-13H,2-11,15H2,1H3,(H,16,19). The highest BCUT2D eigenvalue weighted by atomic mass is 16.2. The Balaban J connectivity index is 1.60. The predicted octanol–water partition coefficient (Wildman–Crippen LogP) is -0.132. The first-order chi connectivity index (χ1) is 9.17. The van der Waals surface area contributed by atoms with Gasteiger partial charge in [0.1, 0.15) is 0 Å². The van der Waals surface area contributed by atoms with Crippen molar-refractivity contribution in [3.63, 3.8) is 0 Å². The largest absolute Gasteiger partial charge is 0.355 e. The van der Waals surface area contributed by atoms with Gasteiger partial charge in [-0.1, -0.05) is 6.92 Å². The molecule has 0 aliphatic carbocycles. The minimum Gasteiger partial charge on any atom is -0.355 e. The molecule has 2 aliphatic heterocycles. The molecule has 3 N–H and O–H groups in total. The van der Waals surface area contributed by atoms with Gasteiger partial charge in [0.05, 0.1) is 6.54 Å². The van der Waals surface area contributed by atoms with Gasteiger partial charge in [0.2, 0.25) is 5.91 Å². The van der Waals surface area contributed by atoms with E-state index in [1.165, 1.54) is 13.0 Å². The molecule has 19 heavy (non-hydrogen) atoms. The highest BCUT2D eigenvalue weighted by molar-refractivity contribution is 5.78. The molecule has 0 aromatic rings. The zero-order chi connectivity index (χ0) is 13.7. The van der Waals surface area contributed by atoms with Gasteiger partial charge in [-0.25, -0.2) is 0 Å². The lowest BCUT2D eigenvalue weighted by Gasteiger charge is -2.29. The maximum atomic E-state index is 11.9. The van der Waals surface area contributed by atoms with Gasteiger partial charge in [0.25, 0.3) is 0 Å². The topological polar surface area (TPSA) is 61.6 Å². The van der Waals surface area contributed by atoms with Gasteiger partial charge in [-0.05, 0) is 38.3 Å². The normalized spacial score (nSPS) is 26.7. The van der Waals surface area contributed by atoms with Crippen molar-refractivity contribution in [3.05, 3.63) is 0 Å². The number of carbonyl (C=O) groups excluding carboxylic acids is 1. The van der Waals surface area contributed by atoms with Crippen molar-refractivity contribution in [2.24, 2.45) is 11.7 Å². The Morgan fingerprint density at radius 3 is 2.53 bits per heavy atom. The molecule has 2 saturated heterocycles. The number of likely N-dealkylation sites (tertiary alicyclic amines) is 2. The summed E-state index contributed by atoms with van der Waals surface area (Å²) in [7, 11) is 0. The molecule has 5 nitrogen and oxygen atoms in total. The van der Waals surface area contributed by atoms with Gasteiger partial charge >= 0.3 is 0 Å². The van der Waals surface area contributed by atoms with Gasteiger partial charge in [-0.3, -0.25) is 9.69 Å². The number of rotatable bonds is 5. The monoisotopic (exact) mass is 268 g/mol. The van der Waals surface area contributed by atoms with Crippen molar-refractivity contribution in [1.82, 2.24) is 15.1 Å². The molecule has 1 atom stereocenters. The third-order valence-electron chi connectivity index (χ3n) is 4.40. The summed E-state index contributed by atoms with van der Waals surface area (Å²) in [5, 5.41) is 3.09. The minimum absolute atomic E-state index is 0.172. The first kappa shape index (κ1) is 14.8. The summed E-state index contributed by atoms with van der Waals surface area (Å²) in [6.07, 6.45) is 3.25. The molecular weight excluding hydrogens is 240 g/mol. The first-order valence-electron chi connectivity index (χ1n) is 7.64. The average molecular weight is 268 g/mol. The van der Waals surface area contributed by atoms with E-state index >= 15 is 0 Å². The van der Waals surface area contributed by atoms with Crippen LogP contribution in [0, 0.1) is 5.92 Å². The lowest BCUT2D eigenvalue weighted by molar-refractivity contribution is -0.122. The summed E-state index contributed by atoms with van der Waals surface area (Å²) >= 11 is 0. The maximum absolute atomic E-state index is 11.9. The van der Waals surface area contributed by atoms with Crippen molar-refractivity contribution in [2.75, 3.05) is 45.8 Å². The summed E-state index contributed by atoms with van der Waals surface area (Å²) in [6.45, 7) is 8.93. The summed E-state index contributed by atoms with van der Waals surface area (Å²) < 4.78 is 0. The maximum Gasteiger partial charge on any atom is 0.234 e. The van der Waals surface area contributed by atoms with Crippen LogP contribution in [0.2, 0.25) is 0 Å². The van der Waals surface area contributed by atoms with Crippen molar-refractivity contribution < 1.29 is 4.79 Å². The molecule has 2 aliphatic rings. The van der Waals surface area contributed by atoms with Crippen molar-refractivity contribution in [3.8, 4) is 0 Å². The Hall–Kier alpha value is -0.650. The van der Waals surface area contributed by atoms with E-state index in [0.717, 1.165) is 45.6 Å². The molecule has 2 heterocycles. The smallest absolute Gasteiger partial charge is 0.234 e. The van der Waals surface area contributed by atoms with Crippen LogP contribution in [-0.2, 0) is 4.79 Å². The van der Waals surface area contributed by atoms with Crippen LogP contribution < -0.4 is 11.1 Å². The second kappa shape index (κ2) is 7.22. The lowest BCUT2D eigenvalue weighted by atomic mass is 10.1. The number of nitrogens with two attached hydrogens (primary N) is 1. The van der Waals surface area contributed by atoms with Crippen LogP contribution >= 0.6 is 0 Å². The number of nitrogens with zero attached hydrogens (tertiary/aromatic N) is 2.